The van der Waals surface area contributed by atoms with Gasteiger partial charge in [0.05, 0.1) is 22.0 Å². The zero-order valence-electron chi connectivity index (χ0n) is 16.4. The van der Waals surface area contributed by atoms with Crippen molar-refractivity contribution in [3.8, 4) is 0 Å². The van der Waals surface area contributed by atoms with Gasteiger partial charge in [-0.05, 0) is 29.8 Å². The number of rotatable bonds is 6. The lowest BCUT2D eigenvalue weighted by molar-refractivity contribution is -0.384. The average molecular weight is 400 g/mol. The number of amides is 1. The van der Waals surface area contributed by atoms with E-state index in [2.05, 4.69) is 5.32 Å². The summed E-state index contributed by atoms with van der Waals surface area (Å²) in [5.41, 5.74) is 3.21. The third-order valence-electron chi connectivity index (χ3n) is 5.11. The van der Waals surface area contributed by atoms with Gasteiger partial charge >= 0.3 is 0 Å². The summed E-state index contributed by atoms with van der Waals surface area (Å²) in [6, 6.07) is 22.9. The zero-order valence-corrected chi connectivity index (χ0v) is 16.4. The molecule has 1 aromatic heterocycles. The molecule has 0 radical (unpaired) electrons. The number of hydrogen-bond donors (Lipinski definition) is 1. The molecule has 0 bridgehead atoms. The first-order chi connectivity index (χ1) is 14.5. The minimum absolute atomic E-state index is 0.0501. The second-order valence-electron chi connectivity index (χ2n) is 7.02. The molecule has 0 saturated carbocycles. The highest BCUT2D eigenvalue weighted by atomic mass is 16.6. The smallest absolute Gasteiger partial charge is 0.269 e. The largest absolute Gasteiger partial charge is 0.345 e. The number of aryl methyl sites for hydroxylation is 1. The van der Waals surface area contributed by atoms with Crippen LogP contribution in [0.25, 0.3) is 11.0 Å². The van der Waals surface area contributed by atoms with Gasteiger partial charge in [-0.15, -0.1) is 0 Å². The van der Waals surface area contributed by atoms with Crippen molar-refractivity contribution in [1.29, 1.82) is 0 Å². The van der Waals surface area contributed by atoms with Gasteiger partial charge in [-0.2, -0.15) is 0 Å². The Hall–Kier alpha value is -4.00. The second-order valence-corrected chi connectivity index (χ2v) is 7.02. The third kappa shape index (κ3) is 3.91. The Kier molecular flexibility index (Phi) is 5.26. The first-order valence-electron chi connectivity index (χ1n) is 9.53. The minimum Gasteiger partial charge on any atom is -0.345 e. The van der Waals surface area contributed by atoms with E-state index in [9.17, 15) is 14.9 Å². The lowest BCUT2D eigenvalue weighted by Crippen LogP contribution is -2.30. The Morgan fingerprint density at radius 3 is 2.37 bits per heavy atom. The first kappa shape index (κ1) is 19.3. The van der Waals surface area contributed by atoms with Gasteiger partial charge < -0.3 is 9.88 Å². The van der Waals surface area contributed by atoms with E-state index in [0.717, 1.165) is 22.4 Å². The van der Waals surface area contributed by atoms with Crippen LogP contribution in [0.15, 0.2) is 78.9 Å². The molecule has 1 heterocycles. The van der Waals surface area contributed by atoms with Crippen molar-refractivity contribution in [2.24, 2.45) is 7.05 Å². The molecule has 0 spiro atoms. The predicted octanol–water partition coefficient (Wildman–Crippen LogP) is 4.20. The van der Waals surface area contributed by atoms with Crippen molar-refractivity contribution in [3.05, 3.63) is 106 Å². The Balaban J connectivity index is 1.62. The number of para-hydroxylation sites is 2. The van der Waals surface area contributed by atoms with Crippen LogP contribution in [-0.4, -0.2) is 20.4 Å². The van der Waals surface area contributed by atoms with Crippen LogP contribution in [-0.2, 0) is 13.5 Å². The van der Waals surface area contributed by atoms with Crippen LogP contribution < -0.4 is 5.32 Å². The first-order valence-corrected chi connectivity index (χ1v) is 9.53. The number of benzene rings is 3. The lowest BCUT2D eigenvalue weighted by atomic mass is 10.0. The molecule has 7 nitrogen and oxygen atoms in total. The molecule has 1 N–H and O–H groups in total. The van der Waals surface area contributed by atoms with Crippen LogP contribution in [0.4, 0.5) is 5.69 Å². The fourth-order valence-electron chi connectivity index (χ4n) is 3.47. The predicted molar refractivity (Wildman–Crippen MR) is 114 cm³/mol. The number of nitrogens with zero attached hydrogens (tertiary/aromatic N) is 3. The van der Waals surface area contributed by atoms with E-state index in [0.29, 0.717) is 12.0 Å². The highest BCUT2D eigenvalue weighted by Gasteiger charge is 2.20. The number of imidazole rings is 1. The van der Waals surface area contributed by atoms with Gasteiger partial charge in [0.1, 0.15) is 5.82 Å². The van der Waals surface area contributed by atoms with Crippen LogP contribution in [0.1, 0.15) is 27.8 Å². The van der Waals surface area contributed by atoms with E-state index >= 15 is 0 Å². The van der Waals surface area contributed by atoms with E-state index in [1.165, 1.54) is 24.3 Å². The van der Waals surface area contributed by atoms with Crippen LogP contribution in [0.2, 0.25) is 0 Å². The molecule has 0 unspecified atom stereocenters. The van der Waals surface area contributed by atoms with Crippen LogP contribution >= 0.6 is 0 Å². The van der Waals surface area contributed by atoms with Crippen molar-refractivity contribution in [1.82, 2.24) is 14.9 Å². The number of nitro groups is 1. The summed E-state index contributed by atoms with van der Waals surface area (Å²) in [5.74, 6) is 0.562. The summed E-state index contributed by atoms with van der Waals surface area (Å²) in [7, 11) is 1.96. The fourth-order valence-corrected chi connectivity index (χ4v) is 3.47. The fraction of sp³-hybridized carbons (Fsp3) is 0.130. The van der Waals surface area contributed by atoms with Crippen molar-refractivity contribution in [2.75, 3.05) is 0 Å². The molecule has 30 heavy (non-hydrogen) atoms. The average Bonchev–Trinajstić information content (AvgIpc) is 3.09. The molecule has 1 amide bonds. The highest BCUT2D eigenvalue weighted by molar-refractivity contribution is 5.94. The van der Waals surface area contributed by atoms with Crippen LogP contribution in [0.3, 0.4) is 0 Å². The number of nitro benzene ring substituents is 1. The molecule has 0 aliphatic heterocycles. The topological polar surface area (TPSA) is 90.1 Å². The van der Waals surface area contributed by atoms with Crippen molar-refractivity contribution in [2.45, 2.75) is 12.5 Å². The molecule has 0 fully saturated rings. The summed E-state index contributed by atoms with van der Waals surface area (Å²) >= 11 is 0. The second kappa shape index (κ2) is 8.16. The SMILES string of the molecule is Cn1c(C[C@@H](NC(=O)c2ccc([N+](=O)[O-])cc2)c2ccccc2)nc2ccccc21. The Labute approximate surface area is 173 Å². The number of aromatic nitrogens is 2. The zero-order chi connectivity index (χ0) is 21.1. The van der Waals surface area contributed by atoms with Gasteiger partial charge in [-0.3, -0.25) is 14.9 Å². The van der Waals surface area contributed by atoms with Gasteiger partial charge in [0.15, 0.2) is 0 Å². The molecule has 4 rings (SSSR count). The monoisotopic (exact) mass is 400 g/mol. The molecule has 0 aliphatic carbocycles. The Morgan fingerprint density at radius 1 is 1.03 bits per heavy atom. The van der Waals surface area contributed by atoms with E-state index in [4.69, 9.17) is 4.98 Å². The van der Waals surface area contributed by atoms with Gasteiger partial charge in [-0.25, -0.2) is 4.98 Å². The maximum absolute atomic E-state index is 12.8. The van der Waals surface area contributed by atoms with E-state index < -0.39 is 4.92 Å². The Morgan fingerprint density at radius 2 is 1.70 bits per heavy atom. The standard InChI is InChI=1S/C23H20N4O3/c1-26-21-10-6-5-9-19(21)24-22(26)15-20(16-7-3-2-4-8-16)25-23(28)17-11-13-18(14-12-17)27(29)30/h2-14,20H,15H2,1H3,(H,25,28)/t20-/m1/s1. The maximum Gasteiger partial charge on any atom is 0.269 e. The third-order valence-corrected chi connectivity index (χ3v) is 5.11. The minimum atomic E-state index is -0.486. The molecule has 0 saturated heterocycles. The van der Waals surface area contributed by atoms with Crippen LogP contribution in [0, 0.1) is 10.1 Å². The summed E-state index contributed by atoms with van der Waals surface area (Å²) in [6.07, 6.45) is 0.508. The van der Waals surface area contributed by atoms with Crippen molar-refractivity contribution < 1.29 is 9.72 Å². The number of fused-ring (bicyclic) bond motifs is 1. The van der Waals surface area contributed by atoms with Gasteiger partial charge in [-0.1, -0.05) is 42.5 Å². The van der Waals surface area contributed by atoms with Crippen molar-refractivity contribution in [3.63, 3.8) is 0 Å². The quantitative estimate of drug-likeness (QED) is 0.388. The molecule has 1 atom stereocenters. The number of non-ortho nitro benzene ring substituents is 1. The van der Waals surface area contributed by atoms with Crippen LogP contribution in [0.5, 0.6) is 0 Å². The molecule has 3 aromatic carbocycles. The number of carbonyl (C=O) groups excluding carboxylic acids is 1. The number of hydrogen-bond acceptors (Lipinski definition) is 4. The molecular formula is C23H20N4O3. The highest BCUT2D eigenvalue weighted by Crippen LogP contribution is 2.22. The van der Waals surface area contributed by atoms with Crippen molar-refractivity contribution >= 4 is 22.6 Å². The Bertz CT molecular complexity index is 1200. The summed E-state index contributed by atoms with van der Waals surface area (Å²) in [6.45, 7) is 0. The number of carbonyl (C=O) groups is 1. The normalized spacial score (nSPS) is 11.9. The van der Waals surface area contributed by atoms with E-state index in [1.807, 2.05) is 66.2 Å². The lowest BCUT2D eigenvalue weighted by Gasteiger charge is -2.19. The number of nitrogens with one attached hydrogen (secondary N) is 1. The van der Waals surface area contributed by atoms with Gasteiger partial charge in [0, 0.05) is 31.2 Å². The summed E-state index contributed by atoms with van der Waals surface area (Å²) in [5, 5.41) is 13.9. The van der Waals surface area contributed by atoms with E-state index in [1.54, 1.807) is 0 Å². The van der Waals surface area contributed by atoms with E-state index in [-0.39, 0.29) is 17.6 Å². The molecule has 7 heteroatoms. The molecule has 150 valence electrons. The summed E-state index contributed by atoms with van der Waals surface area (Å²) in [4.78, 5) is 27.9. The van der Waals surface area contributed by atoms with Gasteiger partial charge in [0.25, 0.3) is 11.6 Å². The molecule has 4 aromatic rings. The van der Waals surface area contributed by atoms with Gasteiger partial charge in [0.2, 0.25) is 0 Å². The summed E-state index contributed by atoms with van der Waals surface area (Å²) < 4.78 is 2.03. The molecular weight excluding hydrogens is 380 g/mol. The molecule has 0 aliphatic rings. The maximum atomic E-state index is 12.8.